The Balaban J connectivity index is 2.04. The van der Waals surface area contributed by atoms with Gasteiger partial charge in [0, 0.05) is 21.9 Å². The first-order chi connectivity index (χ1) is 7.66. The molecule has 0 unspecified atom stereocenters. The second-order valence-corrected chi connectivity index (χ2v) is 6.46. The van der Waals surface area contributed by atoms with Crippen LogP contribution in [0.2, 0.25) is 0 Å². The van der Waals surface area contributed by atoms with Gasteiger partial charge >= 0.3 is 0 Å². The Kier molecular flexibility index (Phi) is 4.22. The lowest BCUT2D eigenvalue weighted by atomic mass is 10.0. The van der Waals surface area contributed by atoms with Crippen molar-refractivity contribution >= 4 is 33.3 Å². The molecule has 1 aromatic rings. The fraction of sp³-hybridized carbons (Fsp3) is 0.538. The van der Waals surface area contributed by atoms with Gasteiger partial charge in [0.1, 0.15) is 0 Å². The van der Waals surface area contributed by atoms with Gasteiger partial charge in [0.25, 0.3) is 0 Å². The number of thiophene rings is 1. The van der Waals surface area contributed by atoms with Crippen molar-refractivity contribution in [2.75, 3.05) is 6.54 Å². The van der Waals surface area contributed by atoms with Gasteiger partial charge in [-0.15, -0.1) is 11.3 Å². The summed E-state index contributed by atoms with van der Waals surface area (Å²) in [6.07, 6.45) is 5.04. The van der Waals surface area contributed by atoms with Gasteiger partial charge in [-0.3, -0.25) is 0 Å². The highest BCUT2D eigenvalue weighted by Crippen LogP contribution is 2.27. The van der Waals surface area contributed by atoms with E-state index in [0.717, 1.165) is 12.6 Å². The number of hydrogen-bond acceptors (Lipinski definition) is 2. The Bertz CT molecular complexity index is 377. The molecule has 2 rings (SSSR count). The molecule has 0 aromatic carbocycles. The summed E-state index contributed by atoms with van der Waals surface area (Å²) in [7, 11) is 0. The minimum Gasteiger partial charge on any atom is -0.310 e. The van der Waals surface area contributed by atoms with Gasteiger partial charge in [0.15, 0.2) is 0 Å². The standard InChI is InChI=1S/C13H18BrNS/c1-9(2)10(8-15-11-3-4-11)7-13-12(14)5-6-16-13/h5-7,9,11,15H,3-4,8H2,1-2H3/b10-7+. The van der Waals surface area contributed by atoms with Crippen LogP contribution in [0.5, 0.6) is 0 Å². The third kappa shape index (κ3) is 3.44. The molecule has 1 aromatic heterocycles. The van der Waals surface area contributed by atoms with E-state index in [9.17, 15) is 0 Å². The summed E-state index contributed by atoms with van der Waals surface area (Å²) < 4.78 is 1.21. The summed E-state index contributed by atoms with van der Waals surface area (Å²) in [5.41, 5.74) is 1.50. The number of nitrogens with one attached hydrogen (secondary N) is 1. The average molecular weight is 300 g/mol. The lowest BCUT2D eigenvalue weighted by Crippen LogP contribution is -2.21. The van der Waals surface area contributed by atoms with Crippen LogP contribution < -0.4 is 5.32 Å². The molecule has 1 aliphatic rings. The highest BCUT2D eigenvalue weighted by atomic mass is 79.9. The summed E-state index contributed by atoms with van der Waals surface area (Å²) in [5, 5.41) is 5.72. The van der Waals surface area contributed by atoms with Crippen molar-refractivity contribution in [3.8, 4) is 0 Å². The maximum absolute atomic E-state index is 3.59. The quantitative estimate of drug-likeness (QED) is 0.855. The molecule has 16 heavy (non-hydrogen) atoms. The van der Waals surface area contributed by atoms with Gasteiger partial charge in [0.2, 0.25) is 0 Å². The molecule has 1 saturated carbocycles. The van der Waals surface area contributed by atoms with Gasteiger partial charge in [-0.05, 0) is 52.2 Å². The summed E-state index contributed by atoms with van der Waals surface area (Å²) in [6, 6.07) is 2.90. The topological polar surface area (TPSA) is 12.0 Å². The number of halogens is 1. The Morgan fingerprint density at radius 3 is 2.88 bits per heavy atom. The zero-order valence-electron chi connectivity index (χ0n) is 9.79. The summed E-state index contributed by atoms with van der Waals surface area (Å²) in [5.74, 6) is 0.611. The molecule has 1 N–H and O–H groups in total. The van der Waals surface area contributed by atoms with Crippen LogP contribution >= 0.6 is 27.3 Å². The SMILES string of the molecule is CC(C)/C(=C/c1sccc1Br)CNC1CC1. The molecule has 0 bridgehead atoms. The van der Waals surface area contributed by atoms with Crippen molar-refractivity contribution in [2.45, 2.75) is 32.7 Å². The molecule has 1 heterocycles. The normalized spacial score (nSPS) is 17.1. The van der Waals surface area contributed by atoms with E-state index in [1.54, 1.807) is 11.3 Å². The molecule has 0 aliphatic heterocycles. The van der Waals surface area contributed by atoms with E-state index in [-0.39, 0.29) is 0 Å². The predicted octanol–water partition coefficient (Wildman–Crippen LogP) is 4.30. The maximum atomic E-state index is 3.59. The Hall–Kier alpha value is -0.120. The largest absolute Gasteiger partial charge is 0.310 e. The van der Waals surface area contributed by atoms with Crippen molar-refractivity contribution in [2.24, 2.45) is 5.92 Å². The first kappa shape index (κ1) is 12.3. The van der Waals surface area contributed by atoms with Crippen LogP contribution in [-0.4, -0.2) is 12.6 Å². The van der Waals surface area contributed by atoms with E-state index in [1.165, 1.54) is 27.8 Å². The van der Waals surface area contributed by atoms with Gasteiger partial charge in [-0.1, -0.05) is 19.4 Å². The third-order valence-corrected chi connectivity index (χ3v) is 4.69. The van der Waals surface area contributed by atoms with E-state index in [1.807, 2.05) is 0 Å². The zero-order chi connectivity index (χ0) is 11.5. The Morgan fingerprint density at radius 2 is 2.38 bits per heavy atom. The average Bonchev–Trinajstić information content (AvgIpc) is 2.97. The van der Waals surface area contributed by atoms with Gasteiger partial charge < -0.3 is 5.32 Å². The summed E-state index contributed by atoms with van der Waals surface area (Å²) in [4.78, 5) is 1.33. The molecule has 88 valence electrons. The van der Waals surface area contributed by atoms with Crippen molar-refractivity contribution in [1.82, 2.24) is 5.32 Å². The summed E-state index contributed by atoms with van der Waals surface area (Å²) >= 11 is 5.38. The van der Waals surface area contributed by atoms with Crippen LogP contribution in [0.25, 0.3) is 6.08 Å². The van der Waals surface area contributed by atoms with Crippen LogP contribution in [0.4, 0.5) is 0 Å². The molecule has 0 atom stereocenters. The van der Waals surface area contributed by atoms with Crippen LogP contribution in [0.3, 0.4) is 0 Å². The van der Waals surface area contributed by atoms with Gasteiger partial charge in [-0.25, -0.2) is 0 Å². The maximum Gasteiger partial charge on any atom is 0.0412 e. The molecule has 1 nitrogen and oxygen atoms in total. The summed E-state index contributed by atoms with van der Waals surface area (Å²) in [6.45, 7) is 5.57. The van der Waals surface area contributed by atoms with E-state index in [0.29, 0.717) is 5.92 Å². The van der Waals surface area contributed by atoms with Crippen molar-refractivity contribution < 1.29 is 0 Å². The predicted molar refractivity (Wildman–Crippen MR) is 75.9 cm³/mol. The van der Waals surface area contributed by atoms with E-state index >= 15 is 0 Å². The van der Waals surface area contributed by atoms with E-state index in [4.69, 9.17) is 0 Å². The minimum absolute atomic E-state index is 0.611. The van der Waals surface area contributed by atoms with Gasteiger partial charge in [0.05, 0.1) is 0 Å². The monoisotopic (exact) mass is 299 g/mol. The Morgan fingerprint density at radius 1 is 1.62 bits per heavy atom. The van der Waals surface area contributed by atoms with Crippen LogP contribution in [0, 0.1) is 5.92 Å². The third-order valence-electron chi connectivity index (χ3n) is 2.88. The van der Waals surface area contributed by atoms with Crippen molar-refractivity contribution in [1.29, 1.82) is 0 Å². The highest BCUT2D eigenvalue weighted by molar-refractivity contribution is 9.10. The lowest BCUT2D eigenvalue weighted by molar-refractivity contribution is 0.663. The number of rotatable bonds is 5. The zero-order valence-corrected chi connectivity index (χ0v) is 12.2. The van der Waals surface area contributed by atoms with Crippen LogP contribution in [0.1, 0.15) is 31.6 Å². The first-order valence-electron chi connectivity index (χ1n) is 5.83. The van der Waals surface area contributed by atoms with Crippen molar-refractivity contribution in [3.05, 3.63) is 26.4 Å². The van der Waals surface area contributed by atoms with Gasteiger partial charge in [-0.2, -0.15) is 0 Å². The second-order valence-electron chi connectivity index (χ2n) is 4.66. The first-order valence-corrected chi connectivity index (χ1v) is 7.51. The van der Waals surface area contributed by atoms with Crippen LogP contribution in [-0.2, 0) is 0 Å². The molecule has 1 aliphatic carbocycles. The molecule has 1 fully saturated rings. The highest BCUT2D eigenvalue weighted by Gasteiger charge is 2.20. The molecule has 0 saturated heterocycles. The van der Waals surface area contributed by atoms with E-state index < -0.39 is 0 Å². The van der Waals surface area contributed by atoms with E-state index in [2.05, 4.69) is 52.6 Å². The fourth-order valence-electron chi connectivity index (χ4n) is 1.55. The van der Waals surface area contributed by atoms with Crippen molar-refractivity contribution in [3.63, 3.8) is 0 Å². The number of hydrogen-bond donors (Lipinski definition) is 1. The molecule has 0 amide bonds. The second kappa shape index (κ2) is 5.48. The molecule has 0 spiro atoms. The fourth-order valence-corrected chi connectivity index (χ4v) is 3.00. The lowest BCUT2D eigenvalue weighted by Gasteiger charge is -2.12. The smallest absolute Gasteiger partial charge is 0.0412 e. The molecular weight excluding hydrogens is 282 g/mol. The molecule has 3 heteroatoms. The van der Waals surface area contributed by atoms with Crippen LogP contribution in [0.15, 0.2) is 21.5 Å². The molecular formula is C13H18BrNS. The molecule has 0 radical (unpaired) electrons. The minimum atomic E-state index is 0.611. The Labute approximate surface area is 110 Å².